The number of benzene rings is 1. The molecule has 0 atom stereocenters. The average Bonchev–Trinajstić information content (AvgIpc) is 2.29. The molecule has 0 fully saturated rings. The fourth-order valence-electron chi connectivity index (χ4n) is 1.58. The van der Waals surface area contributed by atoms with Crippen molar-refractivity contribution < 1.29 is 15.0 Å². The Morgan fingerprint density at radius 1 is 1.29 bits per heavy atom. The van der Waals surface area contributed by atoms with Crippen LogP contribution in [0, 0.1) is 0 Å². The zero-order valence-corrected chi connectivity index (χ0v) is 8.68. The Hall–Kier alpha value is -2.56. The van der Waals surface area contributed by atoms with Gasteiger partial charge < -0.3 is 15.2 Å². The van der Waals surface area contributed by atoms with Gasteiger partial charge in [-0.2, -0.15) is 0 Å². The van der Waals surface area contributed by atoms with Gasteiger partial charge in [-0.25, -0.2) is 4.79 Å². The molecule has 0 spiro atoms. The molecular formula is C12H9NO4. The maximum absolute atomic E-state index is 11.4. The Labute approximate surface area is 95.6 Å². The Bertz CT molecular complexity index is 670. The summed E-state index contributed by atoms with van der Waals surface area (Å²) in [5.74, 6) is -1.63. The van der Waals surface area contributed by atoms with Crippen LogP contribution in [-0.2, 0) is 4.79 Å². The SMILES string of the molecule is O=C(O)/C=C/c1c(O)c(=O)[nH]c2ccccc12. The highest BCUT2D eigenvalue weighted by molar-refractivity contribution is 5.94. The van der Waals surface area contributed by atoms with Crippen LogP contribution in [0.3, 0.4) is 0 Å². The molecule has 1 heterocycles. The quantitative estimate of drug-likeness (QED) is 0.680. The number of fused-ring (bicyclic) bond motifs is 1. The number of H-pyrrole nitrogens is 1. The summed E-state index contributed by atoms with van der Waals surface area (Å²) in [6.07, 6.45) is 2.08. The molecule has 1 aromatic heterocycles. The topological polar surface area (TPSA) is 90.4 Å². The minimum Gasteiger partial charge on any atom is -0.503 e. The van der Waals surface area contributed by atoms with Crippen LogP contribution in [0.4, 0.5) is 0 Å². The average molecular weight is 231 g/mol. The highest BCUT2D eigenvalue weighted by Crippen LogP contribution is 2.23. The molecule has 17 heavy (non-hydrogen) atoms. The summed E-state index contributed by atoms with van der Waals surface area (Å²) in [4.78, 5) is 24.4. The van der Waals surface area contributed by atoms with Crippen molar-refractivity contribution in [2.75, 3.05) is 0 Å². The summed E-state index contributed by atoms with van der Waals surface area (Å²) in [6, 6.07) is 6.83. The smallest absolute Gasteiger partial charge is 0.328 e. The number of aromatic hydroxyl groups is 1. The summed E-state index contributed by atoms with van der Waals surface area (Å²) in [6.45, 7) is 0. The normalized spacial score (nSPS) is 11.1. The third-order valence-electron chi connectivity index (χ3n) is 2.33. The number of carbonyl (C=O) groups is 1. The molecule has 5 nitrogen and oxygen atoms in total. The number of hydrogen-bond acceptors (Lipinski definition) is 3. The van der Waals surface area contributed by atoms with Gasteiger partial charge in [0.25, 0.3) is 5.56 Å². The molecule has 2 rings (SSSR count). The van der Waals surface area contributed by atoms with Gasteiger partial charge in [0.2, 0.25) is 0 Å². The van der Waals surface area contributed by atoms with E-state index in [2.05, 4.69) is 4.98 Å². The summed E-state index contributed by atoms with van der Waals surface area (Å²) in [5, 5.41) is 18.8. The summed E-state index contributed by atoms with van der Waals surface area (Å²) >= 11 is 0. The van der Waals surface area contributed by atoms with Gasteiger partial charge in [0.1, 0.15) is 0 Å². The van der Waals surface area contributed by atoms with Crippen molar-refractivity contribution in [3.63, 3.8) is 0 Å². The van der Waals surface area contributed by atoms with E-state index in [0.29, 0.717) is 10.9 Å². The lowest BCUT2D eigenvalue weighted by Gasteiger charge is -2.03. The number of hydrogen-bond donors (Lipinski definition) is 3. The van der Waals surface area contributed by atoms with Crippen molar-refractivity contribution in [3.05, 3.63) is 46.3 Å². The van der Waals surface area contributed by atoms with Crippen LogP contribution in [0.5, 0.6) is 5.75 Å². The van der Waals surface area contributed by atoms with E-state index in [0.717, 1.165) is 6.08 Å². The molecule has 0 saturated carbocycles. The molecule has 0 radical (unpaired) electrons. The minimum absolute atomic E-state index is 0.201. The minimum atomic E-state index is -1.14. The second-order valence-corrected chi connectivity index (χ2v) is 3.43. The molecule has 0 aliphatic heterocycles. The molecule has 2 aromatic rings. The highest BCUT2D eigenvalue weighted by Gasteiger charge is 2.08. The summed E-state index contributed by atoms with van der Waals surface area (Å²) in [5.41, 5.74) is 0.0980. The van der Waals surface area contributed by atoms with Crippen LogP contribution in [0.2, 0.25) is 0 Å². The third-order valence-corrected chi connectivity index (χ3v) is 2.33. The number of carboxylic acids is 1. The van der Waals surface area contributed by atoms with Gasteiger partial charge in [-0.05, 0) is 12.1 Å². The monoisotopic (exact) mass is 231 g/mol. The molecule has 5 heteroatoms. The van der Waals surface area contributed by atoms with Crippen LogP contribution in [0.1, 0.15) is 5.56 Å². The number of aromatic amines is 1. The lowest BCUT2D eigenvalue weighted by molar-refractivity contribution is -0.131. The van der Waals surface area contributed by atoms with Crippen LogP contribution >= 0.6 is 0 Å². The second-order valence-electron chi connectivity index (χ2n) is 3.43. The van der Waals surface area contributed by atoms with Gasteiger partial charge in [0.15, 0.2) is 5.75 Å². The number of nitrogens with one attached hydrogen (secondary N) is 1. The molecule has 3 N–H and O–H groups in total. The maximum Gasteiger partial charge on any atom is 0.328 e. The number of aliphatic carboxylic acids is 1. The maximum atomic E-state index is 11.4. The van der Waals surface area contributed by atoms with E-state index in [9.17, 15) is 14.7 Å². The van der Waals surface area contributed by atoms with E-state index < -0.39 is 17.3 Å². The van der Waals surface area contributed by atoms with Crippen molar-refractivity contribution in [3.8, 4) is 5.75 Å². The predicted octanol–water partition coefficient (Wildman–Crippen LogP) is 1.33. The molecular weight excluding hydrogens is 222 g/mol. The number of para-hydroxylation sites is 1. The summed E-state index contributed by atoms with van der Waals surface area (Å²) < 4.78 is 0. The lowest BCUT2D eigenvalue weighted by atomic mass is 10.1. The van der Waals surface area contributed by atoms with Crippen molar-refractivity contribution in [2.45, 2.75) is 0 Å². The zero-order valence-electron chi connectivity index (χ0n) is 8.68. The molecule has 0 unspecified atom stereocenters. The number of aromatic nitrogens is 1. The third kappa shape index (κ3) is 2.03. The first-order chi connectivity index (χ1) is 8.09. The van der Waals surface area contributed by atoms with Crippen molar-refractivity contribution in [1.82, 2.24) is 4.98 Å². The fourth-order valence-corrected chi connectivity index (χ4v) is 1.58. The van der Waals surface area contributed by atoms with E-state index in [-0.39, 0.29) is 5.56 Å². The van der Waals surface area contributed by atoms with Gasteiger partial charge in [-0.1, -0.05) is 18.2 Å². The Kier molecular flexibility index (Phi) is 2.66. The molecule has 0 saturated heterocycles. The zero-order chi connectivity index (χ0) is 12.4. The Morgan fingerprint density at radius 3 is 2.71 bits per heavy atom. The van der Waals surface area contributed by atoms with Gasteiger partial charge >= 0.3 is 5.97 Å². The molecule has 0 bridgehead atoms. The van der Waals surface area contributed by atoms with Gasteiger partial charge in [0.05, 0.1) is 0 Å². The molecule has 0 aliphatic carbocycles. The Balaban J connectivity index is 2.79. The lowest BCUT2D eigenvalue weighted by Crippen LogP contribution is -2.06. The fraction of sp³-hybridized carbons (Fsp3) is 0. The molecule has 0 aliphatic rings. The first-order valence-corrected chi connectivity index (χ1v) is 4.84. The van der Waals surface area contributed by atoms with E-state index in [4.69, 9.17) is 5.11 Å². The van der Waals surface area contributed by atoms with Crippen molar-refractivity contribution in [1.29, 1.82) is 0 Å². The molecule has 86 valence electrons. The molecule has 0 amide bonds. The van der Waals surface area contributed by atoms with E-state index in [1.807, 2.05) is 0 Å². The van der Waals surface area contributed by atoms with Gasteiger partial charge in [-0.15, -0.1) is 0 Å². The van der Waals surface area contributed by atoms with Crippen LogP contribution in [0.15, 0.2) is 35.1 Å². The van der Waals surface area contributed by atoms with Crippen LogP contribution in [-0.4, -0.2) is 21.2 Å². The standard InChI is InChI=1S/C12H9NO4/c14-10(15)6-5-8-7-3-1-2-4-9(7)13-12(17)11(8)16/h1-6,16H,(H,13,17)(H,14,15)/b6-5+. The first-order valence-electron chi connectivity index (χ1n) is 4.84. The first kappa shape index (κ1) is 10.9. The number of rotatable bonds is 2. The van der Waals surface area contributed by atoms with E-state index >= 15 is 0 Å². The highest BCUT2D eigenvalue weighted by atomic mass is 16.4. The number of carboxylic acid groups (broad SMARTS) is 1. The van der Waals surface area contributed by atoms with Crippen molar-refractivity contribution in [2.24, 2.45) is 0 Å². The van der Waals surface area contributed by atoms with Gasteiger partial charge in [-0.3, -0.25) is 4.79 Å². The largest absolute Gasteiger partial charge is 0.503 e. The second kappa shape index (κ2) is 4.13. The summed E-state index contributed by atoms with van der Waals surface area (Å²) in [7, 11) is 0. The van der Waals surface area contributed by atoms with E-state index in [1.54, 1.807) is 24.3 Å². The number of pyridine rings is 1. The Morgan fingerprint density at radius 2 is 2.00 bits per heavy atom. The van der Waals surface area contributed by atoms with Gasteiger partial charge in [0, 0.05) is 22.5 Å². The molecule has 1 aromatic carbocycles. The van der Waals surface area contributed by atoms with Crippen molar-refractivity contribution >= 4 is 22.9 Å². The van der Waals surface area contributed by atoms with E-state index in [1.165, 1.54) is 6.08 Å². The predicted molar refractivity (Wildman–Crippen MR) is 62.9 cm³/mol. The van der Waals surface area contributed by atoms with Crippen LogP contribution in [0.25, 0.3) is 17.0 Å². The van der Waals surface area contributed by atoms with Crippen LogP contribution < -0.4 is 5.56 Å².